The van der Waals surface area contributed by atoms with Crippen LogP contribution < -0.4 is 5.84 Å². The number of hydrogen-bond donors (Lipinski definition) is 2. The highest BCUT2D eigenvalue weighted by Gasteiger charge is 2.06. The van der Waals surface area contributed by atoms with Crippen molar-refractivity contribution in [1.29, 1.82) is 0 Å². The van der Waals surface area contributed by atoms with Crippen LogP contribution in [0.1, 0.15) is 20.8 Å². The lowest BCUT2D eigenvalue weighted by Crippen LogP contribution is -2.14. The van der Waals surface area contributed by atoms with Crippen molar-refractivity contribution >= 4 is 5.90 Å². The topological polar surface area (TPSA) is 67.8 Å². The van der Waals surface area contributed by atoms with E-state index < -0.39 is 0 Å². The van der Waals surface area contributed by atoms with Gasteiger partial charge in [0.1, 0.15) is 12.4 Å². The molecule has 0 spiro atoms. The zero-order valence-electron chi connectivity index (χ0n) is 7.74. The molecule has 0 atom stereocenters. The minimum Gasteiger partial charge on any atom is -0.444 e. The van der Waals surface area contributed by atoms with Gasteiger partial charge >= 0.3 is 0 Å². The maximum atomic E-state index is 8.69. The van der Waals surface area contributed by atoms with E-state index in [0.29, 0.717) is 0 Å². The molecule has 0 aliphatic heterocycles. The second-order valence-electron chi connectivity index (χ2n) is 2.63. The fraction of sp³-hybridized carbons (Fsp3) is 0.625. The van der Waals surface area contributed by atoms with Gasteiger partial charge in [-0.05, 0) is 13.0 Å². The first-order valence-corrected chi connectivity index (χ1v) is 3.87. The van der Waals surface area contributed by atoms with E-state index in [2.05, 4.69) is 5.10 Å². The van der Waals surface area contributed by atoms with Gasteiger partial charge in [0.25, 0.3) is 0 Å². The molecule has 4 nitrogen and oxygen atoms in total. The van der Waals surface area contributed by atoms with Gasteiger partial charge in [-0.25, -0.2) is 0 Å². The van der Waals surface area contributed by atoms with Gasteiger partial charge in [0.05, 0.1) is 0 Å². The molecular formula is C8H16N2O2. The van der Waals surface area contributed by atoms with Crippen molar-refractivity contribution in [2.24, 2.45) is 16.9 Å². The third-order valence-electron chi connectivity index (χ3n) is 1.37. The van der Waals surface area contributed by atoms with E-state index in [4.69, 9.17) is 15.7 Å². The quantitative estimate of drug-likeness (QED) is 0.218. The monoisotopic (exact) mass is 172 g/mol. The van der Waals surface area contributed by atoms with Crippen LogP contribution in [0.4, 0.5) is 0 Å². The summed E-state index contributed by atoms with van der Waals surface area (Å²) in [6, 6.07) is 0. The molecule has 3 N–H and O–H groups in total. The molecule has 0 aliphatic carbocycles. The number of nitrogens with zero attached hydrogens (tertiary/aromatic N) is 1. The number of rotatable bonds is 3. The van der Waals surface area contributed by atoms with E-state index in [0.717, 1.165) is 5.76 Å². The first-order chi connectivity index (χ1) is 5.65. The Morgan fingerprint density at radius 1 is 1.67 bits per heavy atom. The van der Waals surface area contributed by atoms with Crippen molar-refractivity contribution in [3.8, 4) is 0 Å². The number of allylic oxidation sites excluding steroid dienone is 2. The van der Waals surface area contributed by atoms with Crippen LogP contribution in [0.25, 0.3) is 0 Å². The van der Waals surface area contributed by atoms with Crippen LogP contribution in [-0.4, -0.2) is 17.6 Å². The van der Waals surface area contributed by atoms with Gasteiger partial charge in [0.2, 0.25) is 5.90 Å². The number of aliphatic hydroxyl groups excluding tert-OH is 1. The molecular weight excluding hydrogens is 156 g/mol. The summed E-state index contributed by atoms with van der Waals surface area (Å²) in [5.41, 5.74) is 0. The second-order valence-corrected chi connectivity index (χ2v) is 2.63. The smallest absolute Gasteiger partial charge is 0.236 e. The van der Waals surface area contributed by atoms with Crippen molar-refractivity contribution in [3.63, 3.8) is 0 Å². The van der Waals surface area contributed by atoms with E-state index in [1.54, 1.807) is 0 Å². The van der Waals surface area contributed by atoms with Gasteiger partial charge in [-0.2, -0.15) is 0 Å². The molecule has 0 unspecified atom stereocenters. The number of ether oxygens (including phenoxy) is 1. The third-order valence-corrected chi connectivity index (χ3v) is 1.37. The molecule has 0 saturated heterocycles. The molecule has 0 rings (SSSR count). The van der Waals surface area contributed by atoms with Gasteiger partial charge in [-0.1, -0.05) is 13.8 Å². The Kier molecular flexibility index (Phi) is 5.12. The van der Waals surface area contributed by atoms with E-state index >= 15 is 0 Å². The van der Waals surface area contributed by atoms with E-state index in [1.807, 2.05) is 26.8 Å². The molecule has 0 heterocycles. The van der Waals surface area contributed by atoms with Crippen molar-refractivity contribution in [1.82, 2.24) is 0 Å². The number of hydrazone groups is 1. The Balaban J connectivity index is 4.22. The van der Waals surface area contributed by atoms with Crippen LogP contribution >= 0.6 is 0 Å². The van der Waals surface area contributed by atoms with E-state index in [-0.39, 0.29) is 18.4 Å². The normalized spacial score (nSPS) is 13.8. The summed E-state index contributed by atoms with van der Waals surface area (Å²) in [4.78, 5) is 0. The van der Waals surface area contributed by atoms with Crippen LogP contribution in [0.5, 0.6) is 0 Å². The predicted octanol–water partition coefficient (Wildman–Crippen LogP) is 0.827. The Morgan fingerprint density at radius 3 is 2.50 bits per heavy atom. The summed E-state index contributed by atoms with van der Waals surface area (Å²) < 4.78 is 5.20. The lowest BCUT2D eigenvalue weighted by Gasteiger charge is -2.12. The summed E-state index contributed by atoms with van der Waals surface area (Å²) in [7, 11) is 0. The highest BCUT2D eigenvalue weighted by atomic mass is 16.5. The molecule has 0 bridgehead atoms. The number of hydrogen-bond acceptors (Lipinski definition) is 4. The van der Waals surface area contributed by atoms with Gasteiger partial charge in [-0.15, -0.1) is 5.10 Å². The van der Waals surface area contributed by atoms with E-state index in [9.17, 15) is 0 Å². The van der Waals surface area contributed by atoms with Crippen LogP contribution in [-0.2, 0) is 4.74 Å². The Labute approximate surface area is 72.7 Å². The lowest BCUT2D eigenvalue weighted by molar-refractivity contribution is 0.284. The third kappa shape index (κ3) is 3.39. The molecule has 0 fully saturated rings. The molecule has 0 aromatic carbocycles. The molecule has 0 aliphatic rings. The lowest BCUT2D eigenvalue weighted by atomic mass is 10.2. The minimum absolute atomic E-state index is 0.136. The average molecular weight is 172 g/mol. The zero-order valence-corrected chi connectivity index (χ0v) is 7.74. The first-order valence-electron chi connectivity index (χ1n) is 3.87. The second kappa shape index (κ2) is 5.60. The highest BCUT2D eigenvalue weighted by Crippen LogP contribution is 2.10. The molecule has 0 aromatic rings. The van der Waals surface area contributed by atoms with Crippen molar-refractivity contribution in [3.05, 3.63) is 11.8 Å². The number of aliphatic hydroxyl groups is 1. The zero-order chi connectivity index (χ0) is 9.56. The highest BCUT2D eigenvalue weighted by molar-refractivity contribution is 5.77. The summed E-state index contributed by atoms with van der Waals surface area (Å²) in [5, 5.41) is 12.0. The molecule has 70 valence electrons. The molecule has 4 heteroatoms. The molecule has 0 aromatic heterocycles. The van der Waals surface area contributed by atoms with Crippen LogP contribution in [0, 0.1) is 5.92 Å². The summed E-state index contributed by atoms with van der Waals surface area (Å²) >= 11 is 0. The Bertz CT molecular complexity index is 185. The van der Waals surface area contributed by atoms with Crippen LogP contribution in [0.3, 0.4) is 0 Å². The maximum absolute atomic E-state index is 8.69. The Morgan fingerprint density at radius 2 is 2.25 bits per heavy atom. The summed E-state index contributed by atoms with van der Waals surface area (Å²) in [5.74, 6) is 6.12. The van der Waals surface area contributed by atoms with Crippen molar-refractivity contribution in [2.45, 2.75) is 20.8 Å². The van der Waals surface area contributed by atoms with Crippen molar-refractivity contribution in [2.75, 3.05) is 6.61 Å². The fourth-order valence-electron chi connectivity index (χ4n) is 0.746. The van der Waals surface area contributed by atoms with Gasteiger partial charge in [-0.3, -0.25) is 0 Å². The average Bonchev–Trinajstić information content (AvgIpc) is 2.06. The Hall–Kier alpha value is -1.03. The standard InChI is InChI=1S/C8H16N2O2/c1-4-7(6(2)3)12-8(5-11)10-9/h4,6,11H,5,9H2,1-3H3/b7-4-,10-8-. The minimum atomic E-state index is -0.277. The van der Waals surface area contributed by atoms with Crippen LogP contribution in [0.2, 0.25) is 0 Å². The molecule has 12 heavy (non-hydrogen) atoms. The van der Waals surface area contributed by atoms with Gasteiger partial charge < -0.3 is 15.7 Å². The predicted molar refractivity (Wildman–Crippen MR) is 48.4 cm³/mol. The molecule has 0 amide bonds. The SMILES string of the molecule is C/C=C(\O/C(CO)=N\N)C(C)C. The fourth-order valence-corrected chi connectivity index (χ4v) is 0.746. The summed E-state index contributed by atoms with van der Waals surface area (Å²) in [6.45, 7) is 5.56. The summed E-state index contributed by atoms with van der Waals surface area (Å²) in [6.07, 6.45) is 1.82. The van der Waals surface area contributed by atoms with Crippen molar-refractivity contribution < 1.29 is 9.84 Å². The van der Waals surface area contributed by atoms with Crippen LogP contribution in [0.15, 0.2) is 16.9 Å². The van der Waals surface area contributed by atoms with E-state index in [1.165, 1.54) is 0 Å². The van der Waals surface area contributed by atoms with Gasteiger partial charge in [0.15, 0.2) is 0 Å². The largest absolute Gasteiger partial charge is 0.444 e. The molecule has 0 saturated carbocycles. The van der Waals surface area contributed by atoms with Gasteiger partial charge in [0, 0.05) is 5.92 Å². The molecule has 0 radical (unpaired) electrons. The first kappa shape index (κ1) is 11.0. The maximum Gasteiger partial charge on any atom is 0.236 e. The number of nitrogens with two attached hydrogens (primary N) is 1.